The molecule has 0 saturated carbocycles. The van der Waals surface area contributed by atoms with Gasteiger partial charge in [0.2, 0.25) is 0 Å². The lowest BCUT2D eigenvalue weighted by atomic mass is 9.97. The van der Waals surface area contributed by atoms with Crippen molar-refractivity contribution >= 4 is 10.8 Å². The van der Waals surface area contributed by atoms with E-state index in [0.717, 1.165) is 17.0 Å². The minimum absolute atomic E-state index is 1.06. The van der Waals surface area contributed by atoms with Gasteiger partial charge in [-0.25, -0.2) is 0 Å². The van der Waals surface area contributed by atoms with Crippen LogP contribution in [0.1, 0.15) is 11.3 Å². The van der Waals surface area contributed by atoms with Gasteiger partial charge in [-0.1, -0.05) is 78.9 Å². The van der Waals surface area contributed by atoms with Crippen LogP contribution in [0.5, 0.6) is 0 Å². The van der Waals surface area contributed by atoms with Gasteiger partial charge in [0.15, 0.2) is 0 Å². The van der Waals surface area contributed by atoms with Gasteiger partial charge < -0.3 is 0 Å². The molecule has 0 spiro atoms. The summed E-state index contributed by atoms with van der Waals surface area (Å²) in [5, 5.41) is 2.50. The second-order valence-electron chi connectivity index (χ2n) is 6.16. The van der Waals surface area contributed by atoms with Crippen LogP contribution in [-0.2, 0) is 0 Å². The molecule has 1 heteroatoms. The van der Waals surface area contributed by atoms with Gasteiger partial charge in [-0.05, 0) is 35.9 Å². The fourth-order valence-electron chi connectivity index (χ4n) is 3.19. The Hall–Kier alpha value is -2.93. The number of fused-ring (bicyclic) bond motifs is 1. The molecule has 0 atom stereocenters. The molecule has 3 aromatic carbocycles. The third-order valence-corrected chi connectivity index (χ3v) is 4.67. The summed E-state index contributed by atoms with van der Waals surface area (Å²) in [4.78, 5) is 4.87. The van der Waals surface area contributed by atoms with Gasteiger partial charge in [0.25, 0.3) is 0 Å². The van der Waals surface area contributed by atoms with Crippen LogP contribution in [0, 0.1) is 13.8 Å². The Morgan fingerprint density at radius 3 is 1.79 bits per heavy atom. The summed E-state index contributed by atoms with van der Waals surface area (Å²) in [6.07, 6.45) is 0. The summed E-state index contributed by atoms with van der Waals surface area (Å²) >= 11 is 0. The van der Waals surface area contributed by atoms with Gasteiger partial charge in [0, 0.05) is 16.6 Å². The molecule has 1 aromatic heterocycles. The van der Waals surface area contributed by atoms with Gasteiger partial charge in [-0.2, -0.15) is 0 Å². The van der Waals surface area contributed by atoms with Gasteiger partial charge in [0.05, 0.1) is 5.69 Å². The predicted octanol–water partition coefficient (Wildman–Crippen LogP) is 6.19. The monoisotopic (exact) mass is 309 g/mol. The van der Waals surface area contributed by atoms with Gasteiger partial charge in [-0.3, -0.25) is 4.98 Å². The Morgan fingerprint density at radius 1 is 0.542 bits per heavy atom. The van der Waals surface area contributed by atoms with E-state index in [-0.39, 0.29) is 0 Å². The standard InChI is InChI=1S/C23H19N/c1-16-17(2)24-23(22-11-7-6-10-21(16)22)20-14-12-19(13-15-20)18-8-4-3-5-9-18/h3-15H,1-2H3. The van der Waals surface area contributed by atoms with Crippen LogP contribution in [0.2, 0.25) is 0 Å². The zero-order chi connectivity index (χ0) is 16.5. The topological polar surface area (TPSA) is 12.9 Å². The third-order valence-electron chi connectivity index (χ3n) is 4.67. The Labute approximate surface area is 142 Å². The first-order chi connectivity index (χ1) is 11.7. The molecule has 1 heterocycles. The first kappa shape index (κ1) is 14.6. The smallest absolute Gasteiger partial charge is 0.0783 e. The van der Waals surface area contributed by atoms with Crippen molar-refractivity contribution in [2.75, 3.05) is 0 Å². The molecule has 0 aliphatic heterocycles. The summed E-state index contributed by atoms with van der Waals surface area (Å²) in [6, 6.07) is 27.7. The molecule has 0 bridgehead atoms. The minimum atomic E-state index is 1.06. The van der Waals surface area contributed by atoms with E-state index < -0.39 is 0 Å². The van der Waals surface area contributed by atoms with Crippen LogP contribution in [0.4, 0.5) is 0 Å². The molecule has 116 valence electrons. The SMILES string of the molecule is Cc1nc(-c2ccc(-c3ccccc3)cc2)c2ccccc2c1C. The van der Waals surface area contributed by atoms with E-state index >= 15 is 0 Å². The Morgan fingerprint density at radius 2 is 1.08 bits per heavy atom. The van der Waals surface area contributed by atoms with E-state index in [4.69, 9.17) is 4.98 Å². The van der Waals surface area contributed by atoms with Crippen LogP contribution in [0.3, 0.4) is 0 Å². The molecule has 24 heavy (non-hydrogen) atoms. The molecule has 0 unspecified atom stereocenters. The second-order valence-corrected chi connectivity index (χ2v) is 6.16. The number of aromatic nitrogens is 1. The molecule has 0 aliphatic rings. The number of nitrogens with zero attached hydrogens (tertiary/aromatic N) is 1. The zero-order valence-corrected chi connectivity index (χ0v) is 14.0. The predicted molar refractivity (Wildman–Crippen MR) is 102 cm³/mol. The number of hydrogen-bond acceptors (Lipinski definition) is 1. The van der Waals surface area contributed by atoms with Crippen molar-refractivity contribution in [1.29, 1.82) is 0 Å². The molecule has 1 nitrogen and oxygen atoms in total. The van der Waals surface area contributed by atoms with Gasteiger partial charge in [-0.15, -0.1) is 0 Å². The van der Waals surface area contributed by atoms with E-state index in [1.807, 2.05) is 6.07 Å². The highest BCUT2D eigenvalue weighted by molar-refractivity contribution is 5.97. The maximum atomic E-state index is 4.87. The zero-order valence-electron chi connectivity index (χ0n) is 14.0. The first-order valence-corrected chi connectivity index (χ1v) is 8.26. The quantitative estimate of drug-likeness (QED) is 0.430. The van der Waals surface area contributed by atoms with E-state index in [2.05, 4.69) is 86.6 Å². The van der Waals surface area contributed by atoms with Crippen LogP contribution in [0.15, 0.2) is 78.9 Å². The van der Waals surface area contributed by atoms with Gasteiger partial charge >= 0.3 is 0 Å². The Kier molecular flexibility index (Phi) is 3.62. The number of pyridine rings is 1. The highest BCUT2D eigenvalue weighted by Crippen LogP contribution is 2.31. The Bertz CT molecular complexity index is 999. The van der Waals surface area contributed by atoms with E-state index in [1.54, 1.807) is 0 Å². The van der Waals surface area contributed by atoms with Crippen molar-refractivity contribution in [1.82, 2.24) is 4.98 Å². The second kappa shape index (κ2) is 5.93. The summed E-state index contributed by atoms with van der Waals surface area (Å²) in [5.41, 5.74) is 7.04. The average molecular weight is 309 g/mol. The molecule has 0 radical (unpaired) electrons. The Balaban J connectivity index is 1.85. The normalized spacial score (nSPS) is 10.9. The van der Waals surface area contributed by atoms with Gasteiger partial charge in [0.1, 0.15) is 0 Å². The van der Waals surface area contributed by atoms with Crippen molar-refractivity contribution in [3.63, 3.8) is 0 Å². The minimum Gasteiger partial charge on any atom is -0.252 e. The maximum absolute atomic E-state index is 4.87. The highest BCUT2D eigenvalue weighted by atomic mass is 14.7. The molecular weight excluding hydrogens is 290 g/mol. The highest BCUT2D eigenvalue weighted by Gasteiger charge is 2.10. The van der Waals surface area contributed by atoms with Crippen LogP contribution in [-0.4, -0.2) is 4.98 Å². The van der Waals surface area contributed by atoms with E-state index in [1.165, 1.54) is 27.5 Å². The first-order valence-electron chi connectivity index (χ1n) is 8.26. The van der Waals surface area contributed by atoms with Crippen molar-refractivity contribution in [2.45, 2.75) is 13.8 Å². The fourth-order valence-corrected chi connectivity index (χ4v) is 3.19. The number of benzene rings is 3. The van der Waals surface area contributed by atoms with Crippen LogP contribution >= 0.6 is 0 Å². The molecular formula is C23H19N. The van der Waals surface area contributed by atoms with Crippen molar-refractivity contribution in [3.05, 3.63) is 90.1 Å². The maximum Gasteiger partial charge on any atom is 0.0783 e. The molecule has 0 N–H and O–H groups in total. The number of hydrogen-bond donors (Lipinski definition) is 0. The number of rotatable bonds is 2. The van der Waals surface area contributed by atoms with Crippen LogP contribution < -0.4 is 0 Å². The summed E-state index contributed by atoms with van der Waals surface area (Å²) in [5.74, 6) is 0. The fraction of sp³-hybridized carbons (Fsp3) is 0.0870. The summed E-state index contributed by atoms with van der Waals surface area (Å²) in [6.45, 7) is 4.23. The van der Waals surface area contributed by atoms with Crippen molar-refractivity contribution in [2.24, 2.45) is 0 Å². The molecule has 4 rings (SSSR count). The third kappa shape index (κ3) is 2.48. The van der Waals surface area contributed by atoms with Crippen molar-refractivity contribution in [3.8, 4) is 22.4 Å². The van der Waals surface area contributed by atoms with E-state index in [9.17, 15) is 0 Å². The summed E-state index contributed by atoms with van der Waals surface area (Å²) in [7, 11) is 0. The molecule has 0 fully saturated rings. The largest absolute Gasteiger partial charge is 0.252 e. The molecule has 0 aliphatic carbocycles. The molecule has 0 amide bonds. The molecule has 4 aromatic rings. The van der Waals surface area contributed by atoms with E-state index in [0.29, 0.717) is 0 Å². The summed E-state index contributed by atoms with van der Waals surface area (Å²) < 4.78 is 0. The lowest BCUT2D eigenvalue weighted by molar-refractivity contribution is 1.18. The molecule has 0 saturated heterocycles. The lowest BCUT2D eigenvalue weighted by Gasteiger charge is -2.12. The van der Waals surface area contributed by atoms with Crippen LogP contribution in [0.25, 0.3) is 33.2 Å². The number of aryl methyl sites for hydroxylation is 2. The lowest BCUT2D eigenvalue weighted by Crippen LogP contribution is -1.94. The average Bonchev–Trinajstić information content (AvgIpc) is 2.66. The van der Waals surface area contributed by atoms with Crippen molar-refractivity contribution < 1.29 is 0 Å².